The molecule has 1 aliphatic heterocycles. The van der Waals surface area contributed by atoms with Crippen LogP contribution in [0.5, 0.6) is 0 Å². The number of fused-ring (bicyclic) bond motifs is 5. The van der Waals surface area contributed by atoms with Crippen molar-refractivity contribution in [3.63, 3.8) is 0 Å². The molecule has 3 aliphatic carbocycles. The molecule has 1 saturated heterocycles. The Kier molecular flexibility index (Phi) is 3.35. The smallest absolute Gasteiger partial charge is 0.222 e. The summed E-state index contributed by atoms with van der Waals surface area (Å²) in [5, 5.41) is 0. The van der Waals surface area contributed by atoms with Gasteiger partial charge in [-0.2, -0.15) is 0 Å². The van der Waals surface area contributed by atoms with Gasteiger partial charge in [0.1, 0.15) is 0 Å². The number of hydrogen-bond donors (Lipinski definition) is 0. The van der Waals surface area contributed by atoms with Crippen molar-refractivity contribution in [2.75, 3.05) is 7.05 Å². The summed E-state index contributed by atoms with van der Waals surface area (Å²) in [5.41, 5.74) is 0.739. The van der Waals surface area contributed by atoms with Crippen LogP contribution in [-0.2, 0) is 4.79 Å². The van der Waals surface area contributed by atoms with E-state index >= 15 is 0 Å². The molecular weight excluding hydrogens is 338 g/mol. The highest BCUT2D eigenvalue weighted by Gasteiger charge is 2.59. The first kappa shape index (κ1) is 15.2. The third-order valence-electron chi connectivity index (χ3n) is 8.04. The van der Waals surface area contributed by atoms with Crippen molar-refractivity contribution in [3.8, 4) is 0 Å². The van der Waals surface area contributed by atoms with Gasteiger partial charge >= 0.3 is 0 Å². The van der Waals surface area contributed by atoms with Crippen LogP contribution in [0.1, 0.15) is 58.8 Å². The molecule has 0 spiro atoms. The van der Waals surface area contributed by atoms with Gasteiger partial charge in [0, 0.05) is 24.9 Å². The molecule has 3 fully saturated rings. The average Bonchev–Trinajstić information content (AvgIpc) is 2.79. The van der Waals surface area contributed by atoms with Gasteiger partial charge in [-0.1, -0.05) is 35.9 Å². The molecule has 0 bridgehead atoms. The molecule has 3 heteroatoms. The monoisotopic (exact) mass is 365 g/mol. The summed E-state index contributed by atoms with van der Waals surface area (Å²) in [5.74, 6) is 2.85. The highest BCUT2D eigenvalue weighted by atomic mass is 79.9. The van der Waals surface area contributed by atoms with E-state index in [1.807, 2.05) is 7.05 Å². The lowest BCUT2D eigenvalue weighted by molar-refractivity contribution is -0.156. The van der Waals surface area contributed by atoms with Crippen LogP contribution in [0, 0.1) is 28.6 Å². The molecule has 0 aromatic rings. The quantitative estimate of drug-likeness (QED) is 0.607. The van der Waals surface area contributed by atoms with Crippen LogP contribution in [0.4, 0.5) is 0 Å². The van der Waals surface area contributed by atoms with E-state index in [0.29, 0.717) is 22.8 Å². The summed E-state index contributed by atoms with van der Waals surface area (Å²) in [7, 11) is 2.05. The highest BCUT2D eigenvalue weighted by molar-refractivity contribution is 9.11. The predicted molar refractivity (Wildman–Crippen MR) is 92.6 cm³/mol. The van der Waals surface area contributed by atoms with Gasteiger partial charge in [0.15, 0.2) is 0 Å². The fourth-order valence-corrected chi connectivity index (χ4v) is 7.34. The molecule has 1 amide bonds. The molecule has 4 rings (SSSR count). The number of likely N-dealkylation sites (tertiary alicyclic amines) is 1. The van der Waals surface area contributed by atoms with Gasteiger partial charge in [0.25, 0.3) is 0 Å². The van der Waals surface area contributed by atoms with Gasteiger partial charge in [-0.05, 0) is 66.2 Å². The van der Waals surface area contributed by atoms with Gasteiger partial charge in [0.2, 0.25) is 5.91 Å². The van der Waals surface area contributed by atoms with Crippen molar-refractivity contribution in [3.05, 3.63) is 10.6 Å². The zero-order valence-electron chi connectivity index (χ0n) is 14.1. The summed E-state index contributed by atoms with van der Waals surface area (Å²) >= 11 is 3.86. The minimum absolute atomic E-state index is 0.349. The van der Waals surface area contributed by atoms with Crippen molar-refractivity contribution >= 4 is 21.8 Å². The van der Waals surface area contributed by atoms with E-state index in [2.05, 4.69) is 40.8 Å². The van der Waals surface area contributed by atoms with Crippen molar-refractivity contribution < 1.29 is 4.79 Å². The summed E-state index contributed by atoms with van der Waals surface area (Å²) in [6.07, 6.45) is 10.8. The van der Waals surface area contributed by atoms with Crippen LogP contribution in [-0.4, -0.2) is 23.9 Å². The molecule has 122 valence electrons. The maximum absolute atomic E-state index is 12.1. The Morgan fingerprint density at radius 1 is 1.18 bits per heavy atom. The second-order valence-electron chi connectivity index (χ2n) is 8.72. The first-order valence-corrected chi connectivity index (χ1v) is 9.79. The Hall–Kier alpha value is -0.310. The molecule has 0 aromatic carbocycles. The number of carbonyl (C=O) groups is 1. The molecule has 6 atom stereocenters. The number of piperidine rings is 1. The summed E-state index contributed by atoms with van der Waals surface area (Å²) in [4.78, 5) is 14.2. The van der Waals surface area contributed by atoms with Gasteiger partial charge in [0.05, 0.1) is 0 Å². The van der Waals surface area contributed by atoms with E-state index in [0.717, 1.165) is 30.6 Å². The fourth-order valence-electron chi connectivity index (χ4n) is 6.67. The van der Waals surface area contributed by atoms with E-state index in [-0.39, 0.29) is 0 Å². The Labute approximate surface area is 142 Å². The van der Waals surface area contributed by atoms with Gasteiger partial charge < -0.3 is 4.90 Å². The zero-order chi connectivity index (χ0) is 15.7. The summed E-state index contributed by atoms with van der Waals surface area (Å²) in [6.45, 7) is 4.98. The average molecular weight is 366 g/mol. The van der Waals surface area contributed by atoms with E-state index in [4.69, 9.17) is 0 Å². The van der Waals surface area contributed by atoms with Crippen molar-refractivity contribution in [1.82, 2.24) is 4.90 Å². The lowest BCUT2D eigenvalue weighted by Gasteiger charge is -2.61. The summed E-state index contributed by atoms with van der Waals surface area (Å²) in [6, 6.07) is 0.483. The Balaban J connectivity index is 1.66. The van der Waals surface area contributed by atoms with Crippen LogP contribution in [0.2, 0.25) is 0 Å². The van der Waals surface area contributed by atoms with Crippen LogP contribution < -0.4 is 0 Å². The highest BCUT2D eigenvalue weighted by Crippen LogP contribution is 2.65. The first-order chi connectivity index (χ1) is 10.4. The number of nitrogens with zero attached hydrogens (tertiary/aromatic N) is 1. The number of hydrogen-bond acceptors (Lipinski definition) is 1. The van der Waals surface area contributed by atoms with E-state index < -0.39 is 0 Å². The number of amides is 1. The topological polar surface area (TPSA) is 20.3 Å². The van der Waals surface area contributed by atoms with Gasteiger partial charge in [-0.3, -0.25) is 4.79 Å². The molecule has 2 nitrogen and oxygen atoms in total. The molecule has 1 heterocycles. The largest absolute Gasteiger partial charge is 0.342 e. The van der Waals surface area contributed by atoms with Crippen LogP contribution in [0.25, 0.3) is 0 Å². The summed E-state index contributed by atoms with van der Waals surface area (Å²) < 4.78 is 1.46. The van der Waals surface area contributed by atoms with Crippen LogP contribution in [0.15, 0.2) is 10.6 Å². The predicted octanol–water partition coefficient (Wildman–Crippen LogP) is 4.74. The molecule has 2 saturated carbocycles. The lowest BCUT2D eigenvalue weighted by atomic mass is 9.47. The number of allylic oxidation sites excluding steroid dienone is 2. The Morgan fingerprint density at radius 3 is 2.73 bits per heavy atom. The third-order valence-corrected chi connectivity index (χ3v) is 9.27. The maximum atomic E-state index is 12.1. The molecule has 22 heavy (non-hydrogen) atoms. The zero-order valence-corrected chi connectivity index (χ0v) is 15.7. The van der Waals surface area contributed by atoms with Crippen molar-refractivity contribution in [2.45, 2.75) is 64.8 Å². The molecule has 0 radical (unpaired) electrons. The normalized spacial score (nSPS) is 51.0. The van der Waals surface area contributed by atoms with Gasteiger partial charge in [-0.25, -0.2) is 0 Å². The van der Waals surface area contributed by atoms with E-state index in [1.54, 1.807) is 0 Å². The standard InChI is InChI=1S/C19H28BrNO/c1-18-10-8-14-12(13(18)5-6-15(18)20)4-7-16-19(14,2)11-9-17(22)21(16)3/h6,12-14,16H,4-5,7-11H2,1-3H3/t12-,13-,14+,16?,18-,19+/m0/s1. The number of rotatable bonds is 0. The second-order valence-corrected chi connectivity index (χ2v) is 9.58. The molecule has 1 unspecified atom stereocenters. The molecule has 4 aliphatic rings. The molecule has 0 N–H and O–H groups in total. The minimum Gasteiger partial charge on any atom is -0.342 e. The fraction of sp³-hybridized carbons (Fsp3) is 0.842. The number of halogens is 1. The second kappa shape index (κ2) is 4.84. The van der Waals surface area contributed by atoms with Crippen molar-refractivity contribution in [2.24, 2.45) is 28.6 Å². The lowest BCUT2D eigenvalue weighted by Crippen LogP contribution is -2.61. The Morgan fingerprint density at radius 2 is 1.95 bits per heavy atom. The third kappa shape index (κ3) is 1.81. The van der Waals surface area contributed by atoms with E-state index in [9.17, 15) is 4.79 Å². The number of carbonyl (C=O) groups excluding carboxylic acids is 1. The SMILES string of the molecule is CN1C(=O)CC[C@@]2(C)C1CC[C@@H]1[C@H]2CC[C@]2(C)C(Br)=CC[C@@H]12. The van der Waals surface area contributed by atoms with Gasteiger partial charge in [-0.15, -0.1) is 0 Å². The van der Waals surface area contributed by atoms with E-state index in [1.165, 1.54) is 36.6 Å². The first-order valence-electron chi connectivity index (χ1n) is 9.00. The molecule has 0 aromatic heterocycles. The maximum Gasteiger partial charge on any atom is 0.222 e. The molecular formula is C19H28BrNO. The van der Waals surface area contributed by atoms with Crippen LogP contribution >= 0.6 is 15.9 Å². The van der Waals surface area contributed by atoms with Crippen LogP contribution in [0.3, 0.4) is 0 Å². The minimum atomic E-state index is 0.349. The van der Waals surface area contributed by atoms with Crippen molar-refractivity contribution in [1.29, 1.82) is 0 Å². The Bertz CT molecular complexity index is 544.